The van der Waals surface area contributed by atoms with E-state index in [1.165, 1.54) is 64.0 Å². The molecule has 25 heavy (non-hydrogen) atoms. The Bertz CT molecular complexity index is 763. The van der Waals surface area contributed by atoms with Crippen LogP contribution in [-0.4, -0.2) is 26.9 Å². The molecule has 0 radical (unpaired) electrons. The van der Waals surface area contributed by atoms with Crippen molar-refractivity contribution in [2.75, 3.05) is 0 Å². The van der Waals surface area contributed by atoms with Crippen molar-refractivity contribution in [3.05, 3.63) is 36.0 Å². The zero-order valence-electron chi connectivity index (χ0n) is 14.7. The molecule has 0 unspecified atom stereocenters. The summed E-state index contributed by atoms with van der Waals surface area (Å²) in [6.07, 6.45) is 18.6. The van der Waals surface area contributed by atoms with Crippen LogP contribution in [0.2, 0.25) is 0 Å². The first-order valence-corrected chi connectivity index (χ1v) is 9.66. The fraction of sp³-hybridized carbons (Fsp3) is 0.550. The number of nitrogens with one attached hydrogen (secondary N) is 2. The Morgan fingerprint density at radius 1 is 1.12 bits per heavy atom. The molecule has 2 aromatic rings. The van der Waals surface area contributed by atoms with Gasteiger partial charge in [0, 0.05) is 29.9 Å². The maximum Gasteiger partial charge on any atom is 0.0919 e. The molecule has 2 N–H and O–H groups in total. The highest BCUT2D eigenvalue weighted by Crippen LogP contribution is 2.34. The van der Waals surface area contributed by atoms with E-state index in [1.54, 1.807) is 0 Å². The number of rotatable bonds is 5. The fourth-order valence-electron chi connectivity index (χ4n) is 4.26. The third kappa shape index (κ3) is 3.46. The molecule has 5 heteroatoms. The molecular weight excluding hydrogens is 310 g/mol. The van der Waals surface area contributed by atoms with E-state index in [2.05, 4.69) is 16.5 Å². The van der Waals surface area contributed by atoms with Gasteiger partial charge >= 0.3 is 0 Å². The molecule has 0 atom stereocenters. The Kier molecular flexibility index (Phi) is 4.81. The highest BCUT2D eigenvalue weighted by atomic mass is 15.2. The minimum Gasteiger partial charge on any atom is -0.388 e. The summed E-state index contributed by atoms with van der Waals surface area (Å²) in [5, 5.41) is 15.8. The van der Waals surface area contributed by atoms with Crippen molar-refractivity contribution in [3.8, 4) is 0 Å². The highest BCUT2D eigenvalue weighted by molar-refractivity contribution is 6.07. The molecule has 2 heterocycles. The van der Waals surface area contributed by atoms with Gasteiger partial charge in [-0.05, 0) is 31.7 Å². The highest BCUT2D eigenvalue weighted by Gasteiger charge is 2.21. The molecule has 2 fully saturated rings. The van der Waals surface area contributed by atoms with Crippen LogP contribution < -0.4 is 5.32 Å². The molecule has 5 nitrogen and oxygen atoms in total. The third-order valence-corrected chi connectivity index (χ3v) is 5.69. The Labute approximate surface area is 149 Å². The monoisotopic (exact) mass is 337 g/mol. The molecule has 132 valence electrons. The third-order valence-electron chi connectivity index (χ3n) is 5.69. The van der Waals surface area contributed by atoms with Crippen molar-refractivity contribution in [3.63, 3.8) is 0 Å². The lowest BCUT2D eigenvalue weighted by Gasteiger charge is -2.22. The first-order valence-electron chi connectivity index (χ1n) is 9.66. The lowest BCUT2D eigenvalue weighted by molar-refractivity contribution is 0.437. The molecule has 0 amide bonds. The van der Waals surface area contributed by atoms with E-state index in [-0.39, 0.29) is 0 Å². The van der Waals surface area contributed by atoms with Crippen molar-refractivity contribution >= 4 is 17.3 Å². The molecule has 4 rings (SSSR count). The van der Waals surface area contributed by atoms with E-state index in [4.69, 9.17) is 10.4 Å². The summed E-state index contributed by atoms with van der Waals surface area (Å²) < 4.78 is 1.93. The molecule has 2 aliphatic rings. The summed E-state index contributed by atoms with van der Waals surface area (Å²) >= 11 is 0. The van der Waals surface area contributed by atoms with Crippen LogP contribution >= 0.6 is 0 Å². The minimum atomic E-state index is 0.516. The lowest BCUT2D eigenvalue weighted by atomic mass is 9.86. The van der Waals surface area contributed by atoms with Gasteiger partial charge in [-0.1, -0.05) is 32.1 Å². The standard InChI is InChI=1S/C20H27N5/c21-12-16(13-22-17-8-4-5-9-17)18-14-25-19(10-11-23-25)20(24-18)15-6-2-1-3-7-15/h10-15,17,21-22H,1-9H2/b16-13+,21-12?. The van der Waals surface area contributed by atoms with Crippen LogP contribution in [0.15, 0.2) is 24.7 Å². The average molecular weight is 337 g/mol. The van der Waals surface area contributed by atoms with Gasteiger partial charge in [0.25, 0.3) is 0 Å². The number of nitrogens with zero attached hydrogens (tertiary/aromatic N) is 3. The van der Waals surface area contributed by atoms with Crippen molar-refractivity contribution in [1.29, 1.82) is 5.41 Å². The van der Waals surface area contributed by atoms with Crippen molar-refractivity contribution in [2.45, 2.75) is 69.7 Å². The summed E-state index contributed by atoms with van der Waals surface area (Å²) in [7, 11) is 0. The normalized spacial score (nSPS) is 20.2. The van der Waals surface area contributed by atoms with Crippen LogP contribution in [-0.2, 0) is 0 Å². The SMILES string of the molecule is N=C/C(=C\NC1CCCC1)c1cn2nccc2c(C2CCCCC2)n1. The molecule has 0 spiro atoms. The van der Waals surface area contributed by atoms with E-state index in [0.29, 0.717) is 12.0 Å². The second-order valence-electron chi connectivity index (χ2n) is 7.40. The number of hydrogen-bond donors (Lipinski definition) is 2. The largest absolute Gasteiger partial charge is 0.388 e. The summed E-state index contributed by atoms with van der Waals surface area (Å²) in [5.74, 6) is 0.516. The Morgan fingerprint density at radius 2 is 1.88 bits per heavy atom. The second kappa shape index (κ2) is 7.38. The Balaban J connectivity index is 1.67. The lowest BCUT2D eigenvalue weighted by Crippen LogP contribution is -2.20. The van der Waals surface area contributed by atoms with Gasteiger partial charge in [-0.3, -0.25) is 0 Å². The van der Waals surface area contributed by atoms with E-state index in [1.807, 2.05) is 23.1 Å². The van der Waals surface area contributed by atoms with Gasteiger partial charge in [0.15, 0.2) is 0 Å². The molecule has 2 aliphatic carbocycles. The first-order chi connectivity index (χ1) is 12.3. The molecule has 0 saturated heterocycles. The van der Waals surface area contributed by atoms with Crippen LogP contribution in [0.25, 0.3) is 11.1 Å². The maximum absolute atomic E-state index is 7.85. The van der Waals surface area contributed by atoms with Crippen molar-refractivity contribution < 1.29 is 0 Å². The topological polar surface area (TPSA) is 66.1 Å². The van der Waals surface area contributed by atoms with Crippen molar-refractivity contribution in [1.82, 2.24) is 19.9 Å². The Hall–Kier alpha value is -2.17. The van der Waals surface area contributed by atoms with Crippen LogP contribution in [0.4, 0.5) is 0 Å². The average Bonchev–Trinajstić information content (AvgIpc) is 3.34. The number of allylic oxidation sites excluding steroid dienone is 1. The minimum absolute atomic E-state index is 0.516. The molecule has 0 bridgehead atoms. The summed E-state index contributed by atoms with van der Waals surface area (Å²) in [6, 6.07) is 2.60. The van der Waals surface area contributed by atoms with Gasteiger partial charge in [-0.25, -0.2) is 9.50 Å². The molecule has 2 saturated carbocycles. The number of hydrogen-bond acceptors (Lipinski definition) is 4. The second-order valence-corrected chi connectivity index (χ2v) is 7.40. The predicted octanol–water partition coefficient (Wildman–Crippen LogP) is 4.30. The zero-order chi connectivity index (χ0) is 17.1. The van der Waals surface area contributed by atoms with Gasteiger partial charge < -0.3 is 10.7 Å². The molecule has 0 aliphatic heterocycles. The molecule has 2 aromatic heterocycles. The van der Waals surface area contributed by atoms with E-state index >= 15 is 0 Å². The smallest absolute Gasteiger partial charge is 0.0919 e. The fourth-order valence-corrected chi connectivity index (χ4v) is 4.26. The Morgan fingerprint density at radius 3 is 2.64 bits per heavy atom. The van der Waals surface area contributed by atoms with Crippen LogP contribution in [0.1, 0.15) is 75.1 Å². The summed E-state index contributed by atoms with van der Waals surface area (Å²) in [6.45, 7) is 0. The first kappa shape index (κ1) is 16.3. The van der Waals surface area contributed by atoms with Crippen LogP contribution in [0, 0.1) is 5.41 Å². The predicted molar refractivity (Wildman–Crippen MR) is 101 cm³/mol. The van der Waals surface area contributed by atoms with E-state index in [9.17, 15) is 0 Å². The quantitative estimate of drug-likeness (QED) is 0.799. The number of fused-ring (bicyclic) bond motifs is 1. The van der Waals surface area contributed by atoms with Crippen molar-refractivity contribution in [2.24, 2.45) is 0 Å². The van der Waals surface area contributed by atoms with Gasteiger partial charge in [-0.15, -0.1) is 0 Å². The van der Waals surface area contributed by atoms with Gasteiger partial charge in [0.05, 0.1) is 29.3 Å². The van der Waals surface area contributed by atoms with Gasteiger partial charge in [0.2, 0.25) is 0 Å². The van der Waals surface area contributed by atoms with E-state index in [0.717, 1.165) is 22.5 Å². The summed E-state index contributed by atoms with van der Waals surface area (Å²) in [4.78, 5) is 4.99. The van der Waals surface area contributed by atoms with E-state index < -0.39 is 0 Å². The zero-order valence-corrected chi connectivity index (χ0v) is 14.7. The van der Waals surface area contributed by atoms with Gasteiger partial charge in [-0.2, -0.15) is 5.10 Å². The van der Waals surface area contributed by atoms with Crippen LogP contribution in [0.3, 0.4) is 0 Å². The number of aromatic nitrogens is 3. The molecular formula is C20H27N5. The summed E-state index contributed by atoms with van der Waals surface area (Å²) in [5.41, 5.74) is 3.95. The molecule has 0 aromatic carbocycles. The van der Waals surface area contributed by atoms with Crippen LogP contribution in [0.5, 0.6) is 0 Å². The maximum atomic E-state index is 7.85. The van der Waals surface area contributed by atoms with Gasteiger partial charge in [0.1, 0.15) is 0 Å².